The van der Waals surface area contributed by atoms with Crippen LogP contribution in [0.25, 0.3) is 11.1 Å². The molecule has 3 aromatic rings. The van der Waals surface area contributed by atoms with E-state index in [9.17, 15) is 13.6 Å². The number of amides is 1. The molecule has 6 heteroatoms. The Balaban J connectivity index is 1.82. The average Bonchev–Trinajstić information content (AvgIpc) is 2.77. The molecule has 0 heterocycles. The van der Waals surface area contributed by atoms with Crippen molar-refractivity contribution in [1.82, 2.24) is 5.32 Å². The van der Waals surface area contributed by atoms with E-state index in [2.05, 4.69) is 5.32 Å². The highest BCUT2D eigenvalue weighted by molar-refractivity contribution is 5.82. The van der Waals surface area contributed by atoms with Gasteiger partial charge in [0.25, 0.3) is 5.91 Å². The van der Waals surface area contributed by atoms with E-state index in [4.69, 9.17) is 10.00 Å². The van der Waals surface area contributed by atoms with Gasteiger partial charge in [0.05, 0.1) is 17.2 Å². The predicted molar refractivity (Wildman–Crippen MR) is 109 cm³/mol. The van der Waals surface area contributed by atoms with Gasteiger partial charge >= 0.3 is 0 Å². The van der Waals surface area contributed by atoms with Crippen LogP contribution in [0.4, 0.5) is 8.78 Å². The summed E-state index contributed by atoms with van der Waals surface area (Å²) in [6, 6.07) is 19.9. The second-order valence-electron chi connectivity index (χ2n) is 6.58. The number of ether oxygens (including phenoxy) is 1. The predicted octanol–water partition coefficient (Wildman–Crippen LogP) is 4.90. The van der Waals surface area contributed by atoms with Crippen LogP contribution in [-0.4, -0.2) is 12.5 Å². The number of nitriles is 1. The summed E-state index contributed by atoms with van der Waals surface area (Å²) in [5.41, 5.74) is 1.87. The molecule has 3 rings (SSSR count). The summed E-state index contributed by atoms with van der Waals surface area (Å²) < 4.78 is 35.1. The number of benzene rings is 3. The molecule has 3 aromatic carbocycles. The largest absolute Gasteiger partial charge is 0.364 e. The lowest BCUT2D eigenvalue weighted by Crippen LogP contribution is -2.31. The molecule has 0 fully saturated rings. The molecule has 0 spiro atoms. The molecule has 0 radical (unpaired) electrons. The third kappa shape index (κ3) is 4.88. The number of carbonyl (C=O) groups excluding carboxylic acids is 1. The SMILES string of the molecule is CCO[C@H](C(=O)NCc1ccc(C#N)cc1)c1c(F)cc(-c2ccccc2)cc1F. The Labute approximate surface area is 173 Å². The number of carbonyl (C=O) groups is 1. The molecule has 0 aliphatic heterocycles. The fraction of sp³-hybridized carbons (Fsp3) is 0.167. The van der Waals surface area contributed by atoms with Gasteiger partial charge in [0, 0.05) is 13.2 Å². The Morgan fingerprint density at radius 3 is 2.23 bits per heavy atom. The first-order chi connectivity index (χ1) is 14.5. The molecule has 30 heavy (non-hydrogen) atoms. The molecule has 1 amide bonds. The van der Waals surface area contributed by atoms with Crippen molar-refractivity contribution in [1.29, 1.82) is 5.26 Å². The Morgan fingerprint density at radius 1 is 1.03 bits per heavy atom. The molecule has 0 saturated carbocycles. The monoisotopic (exact) mass is 406 g/mol. The summed E-state index contributed by atoms with van der Waals surface area (Å²) in [5.74, 6) is -2.34. The Bertz CT molecular complexity index is 1040. The summed E-state index contributed by atoms with van der Waals surface area (Å²) in [4.78, 5) is 12.7. The number of halogens is 2. The molecule has 0 aliphatic rings. The Morgan fingerprint density at radius 2 is 1.67 bits per heavy atom. The van der Waals surface area contributed by atoms with Crippen molar-refractivity contribution in [3.05, 3.63) is 95.1 Å². The maximum atomic E-state index is 14.8. The van der Waals surface area contributed by atoms with E-state index in [1.165, 1.54) is 12.1 Å². The van der Waals surface area contributed by atoms with Crippen molar-refractivity contribution in [3.63, 3.8) is 0 Å². The van der Waals surface area contributed by atoms with Crippen molar-refractivity contribution < 1.29 is 18.3 Å². The highest BCUT2D eigenvalue weighted by Gasteiger charge is 2.28. The first-order valence-corrected chi connectivity index (χ1v) is 9.46. The van der Waals surface area contributed by atoms with Crippen LogP contribution in [0, 0.1) is 23.0 Å². The zero-order valence-electron chi connectivity index (χ0n) is 16.4. The smallest absolute Gasteiger partial charge is 0.254 e. The van der Waals surface area contributed by atoms with Crippen LogP contribution in [0.2, 0.25) is 0 Å². The van der Waals surface area contributed by atoms with Crippen LogP contribution in [0.5, 0.6) is 0 Å². The lowest BCUT2D eigenvalue weighted by molar-refractivity contribution is -0.133. The van der Waals surface area contributed by atoms with Crippen LogP contribution in [-0.2, 0) is 16.1 Å². The zero-order valence-corrected chi connectivity index (χ0v) is 16.4. The third-order valence-corrected chi connectivity index (χ3v) is 4.57. The van der Waals surface area contributed by atoms with Crippen LogP contribution in [0.3, 0.4) is 0 Å². The Hall–Kier alpha value is -3.56. The highest BCUT2D eigenvalue weighted by Crippen LogP contribution is 2.30. The van der Waals surface area contributed by atoms with Gasteiger partial charge < -0.3 is 10.1 Å². The van der Waals surface area contributed by atoms with Gasteiger partial charge in [0.15, 0.2) is 6.10 Å². The summed E-state index contributed by atoms with van der Waals surface area (Å²) in [6.07, 6.45) is -1.42. The van der Waals surface area contributed by atoms with E-state index in [0.29, 0.717) is 16.7 Å². The van der Waals surface area contributed by atoms with Gasteiger partial charge in [0.1, 0.15) is 11.6 Å². The van der Waals surface area contributed by atoms with Gasteiger partial charge in [-0.3, -0.25) is 4.79 Å². The first-order valence-electron chi connectivity index (χ1n) is 9.46. The van der Waals surface area contributed by atoms with Crippen molar-refractivity contribution >= 4 is 5.91 Å². The van der Waals surface area contributed by atoms with Gasteiger partial charge in [-0.2, -0.15) is 5.26 Å². The zero-order chi connectivity index (χ0) is 21.5. The molecule has 1 N–H and O–H groups in total. The van der Waals surface area contributed by atoms with Gasteiger partial charge in [-0.25, -0.2) is 8.78 Å². The fourth-order valence-corrected chi connectivity index (χ4v) is 3.07. The molecular weight excluding hydrogens is 386 g/mol. The van der Waals surface area contributed by atoms with Crippen LogP contribution >= 0.6 is 0 Å². The lowest BCUT2D eigenvalue weighted by atomic mass is 10.00. The van der Waals surface area contributed by atoms with E-state index >= 15 is 0 Å². The first kappa shape index (κ1) is 21.2. The van der Waals surface area contributed by atoms with Crippen LogP contribution < -0.4 is 5.32 Å². The molecule has 0 aromatic heterocycles. The minimum Gasteiger partial charge on any atom is -0.364 e. The number of rotatable bonds is 7. The normalized spacial score (nSPS) is 11.5. The highest BCUT2D eigenvalue weighted by atomic mass is 19.1. The quantitative estimate of drug-likeness (QED) is 0.607. The number of hydrogen-bond donors (Lipinski definition) is 1. The summed E-state index contributed by atoms with van der Waals surface area (Å²) in [7, 11) is 0. The third-order valence-electron chi connectivity index (χ3n) is 4.57. The fourth-order valence-electron chi connectivity index (χ4n) is 3.07. The summed E-state index contributed by atoms with van der Waals surface area (Å²) >= 11 is 0. The second kappa shape index (κ2) is 9.77. The van der Waals surface area contributed by atoms with E-state index in [-0.39, 0.29) is 13.2 Å². The maximum Gasteiger partial charge on any atom is 0.254 e. The van der Waals surface area contributed by atoms with E-state index in [0.717, 1.165) is 5.56 Å². The van der Waals surface area contributed by atoms with E-state index in [1.807, 2.05) is 12.1 Å². The van der Waals surface area contributed by atoms with E-state index < -0.39 is 29.2 Å². The average molecular weight is 406 g/mol. The second-order valence-corrected chi connectivity index (χ2v) is 6.58. The topological polar surface area (TPSA) is 62.1 Å². The number of hydrogen-bond acceptors (Lipinski definition) is 3. The van der Waals surface area contributed by atoms with Crippen molar-refractivity contribution in [2.24, 2.45) is 0 Å². The van der Waals surface area contributed by atoms with Gasteiger partial charge in [-0.15, -0.1) is 0 Å². The molecule has 1 atom stereocenters. The molecule has 0 unspecified atom stereocenters. The van der Waals surface area contributed by atoms with Gasteiger partial charge in [-0.05, 0) is 47.9 Å². The molecule has 0 aliphatic carbocycles. The summed E-state index contributed by atoms with van der Waals surface area (Å²) in [6.45, 7) is 1.89. The molecule has 0 bridgehead atoms. The lowest BCUT2D eigenvalue weighted by Gasteiger charge is -2.19. The molecule has 152 valence electrons. The minimum absolute atomic E-state index is 0.105. The van der Waals surface area contributed by atoms with Gasteiger partial charge in [0.2, 0.25) is 0 Å². The maximum absolute atomic E-state index is 14.8. The van der Waals surface area contributed by atoms with Crippen LogP contribution in [0.1, 0.15) is 29.7 Å². The van der Waals surface area contributed by atoms with Gasteiger partial charge in [-0.1, -0.05) is 42.5 Å². The van der Waals surface area contributed by atoms with Crippen molar-refractivity contribution in [2.75, 3.05) is 6.61 Å². The van der Waals surface area contributed by atoms with Crippen molar-refractivity contribution in [2.45, 2.75) is 19.6 Å². The summed E-state index contributed by atoms with van der Waals surface area (Å²) in [5, 5.41) is 11.5. The van der Waals surface area contributed by atoms with Crippen molar-refractivity contribution in [3.8, 4) is 17.2 Å². The number of nitrogens with zero attached hydrogens (tertiary/aromatic N) is 1. The number of nitrogens with one attached hydrogen (secondary N) is 1. The van der Waals surface area contributed by atoms with E-state index in [1.54, 1.807) is 55.5 Å². The van der Waals surface area contributed by atoms with Crippen LogP contribution in [0.15, 0.2) is 66.7 Å². The standard InChI is InChI=1S/C24H20F2N2O2/c1-2-30-23(24(29)28-15-17-10-8-16(14-27)9-11-17)22-20(25)12-19(13-21(22)26)18-6-4-3-5-7-18/h3-13,23H,2,15H2,1H3,(H,28,29)/t23-/m0/s1. The minimum atomic E-state index is -1.42. The molecule has 4 nitrogen and oxygen atoms in total. The molecule has 0 saturated heterocycles. The Kier molecular flexibility index (Phi) is 6.89. The molecular formula is C24H20F2N2O2.